The summed E-state index contributed by atoms with van der Waals surface area (Å²) < 4.78 is 33.2. The van der Waals surface area contributed by atoms with Crippen LogP contribution in [0.2, 0.25) is 0 Å². The van der Waals surface area contributed by atoms with Gasteiger partial charge in [-0.05, 0) is 38.5 Å². The molecular formula is C37H74NO7P. The average molecular weight is 676 g/mol. The largest absolute Gasteiger partial charge is 0.472 e. The van der Waals surface area contributed by atoms with Gasteiger partial charge >= 0.3 is 13.8 Å². The lowest BCUT2D eigenvalue weighted by Crippen LogP contribution is -2.28. The van der Waals surface area contributed by atoms with Crippen molar-refractivity contribution in [2.75, 3.05) is 33.0 Å². The molecule has 0 aromatic rings. The average Bonchev–Trinajstić information content (AvgIpc) is 3.04. The Bertz CT molecular complexity index is 722. The molecule has 0 radical (unpaired) electrons. The van der Waals surface area contributed by atoms with Crippen molar-refractivity contribution in [3.8, 4) is 0 Å². The molecule has 2 atom stereocenters. The van der Waals surface area contributed by atoms with Gasteiger partial charge in [0.15, 0.2) is 0 Å². The Morgan fingerprint density at radius 2 is 1.09 bits per heavy atom. The summed E-state index contributed by atoms with van der Waals surface area (Å²) in [5, 5.41) is 0. The topological polar surface area (TPSA) is 117 Å². The van der Waals surface area contributed by atoms with Crippen LogP contribution in [0, 0.1) is 0 Å². The molecule has 0 heterocycles. The number of nitrogens with two attached hydrogens (primary N) is 1. The van der Waals surface area contributed by atoms with E-state index in [9.17, 15) is 14.3 Å². The molecule has 0 aliphatic carbocycles. The second-order valence-corrected chi connectivity index (χ2v) is 14.2. The van der Waals surface area contributed by atoms with Gasteiger partial charge in [0, 0.05) is 19.6 Å². The fraction of sp³-hybridized carbons (Fsp3) is 0.919. The molecule has 0 aromatic heterocycles. The van der Waals surface area contributed by atoms with Gasteiger partial charge in [-0.3, -0.25) is 13.8 Å². The summed E-state index contributed by atoms with van der Waals surface area (Å²) in [7, 11) is -4.26. The van der Waals surface area contributed by atoms with Gasteiger partial charge in [-0.15, -0.1) is 0 Å². The lowest BCUT2D eigenvalue weighted by molar-refractivity contribution is -0.154. The molecule has 9 heteroatoms. The van der Waals surface area contributed by atoms with Gasteiger partial charge in [0.2, 0.25) is 0 Å². The molecule has 0 amide bonds. The molecule has 0 fully saturated rings. The van der Waals surface area contributed by atoms with Crippen molar-refractivity contribution in [1.82, 2.24) is 0 Å². The van der Waals surface area contributed by atoms with Crippen LogP contribution in [-0.4, -0.2) is 49.9 Å². The van der Waals surface area contributed by atoms with Crippen LogP contribution in [0.15, 0.2) is 12.2 Å². The number of unbranched alkanes of at least 4 members (excludes halogenated alkanes) is 22. The monoisotopic (exact) mass is 676 g/mol. The van der Waals surface area contributed by atoms with Gasteiger partial charge in [0.25, 0.3) is 0 Å². The molecular weight excluding hydrogens is 601 g/mol. The number of hydrogen-bond donors (Lipinski definition) is 2. The maximum absolute atomic E-state index is 12.5. The van der Waals surface area contributed by atoms with Crippen molar-refractivity contribution in [3.63, 3.8) is 0 Å². The van der Waals surface area contributed by atoms with E-state index in [-0.39, 0.29) is 32.3 Å². The minimum Gasteiger partial charge on any atom is -0.457 e. The Kier molecular flexibility index (Phi) is 35.0. The summed E-state index contributed by atoms with van der Waals surface area (Å²) in [4.78, 5) is 22.3. The number of rotatable bonds is 37. The summed E-state index contributed by atoms with van der Waals surface area (Å²) in [6.07, 6.45) is 35.1. The van der Waals surface area contributed by atoms with Crippen molar-refractivity contribution in [3.05, 3.63) is 12.2 Å². The molecule has 2 unspecified atom stereocenters. The molecule has 0 aromatic carbocycles. The molecule has 46 heavy (non-hydrogen) atoms. The number of allylic oxidation sites excluding steroid dienone is 2. The van der Waals surface area contributed by atoms with Gasteiger partial charge in [-0.1, -0.05) is 148 Å². The maximum atomic E-state index is 12.5. The first-order valence-electron chi connectivity index (χ1n) is 19.2. The quantitative estimate of drug-likeness (QED) is 0.0289. The standard InChI is InChI=1S/C37H74NO7P/c1-3-5-7-9-11-13-14-15-16-17-18-19-20-21-22-24-26-28-30-37(39)45-36(35-44-46(40,41)43-33-31-38)34-42-32-29-27-25-23-12-10-8-6-4-2/h16-17,36H,3-15,18-35,38H2,1-2H3,(H,40,41)/b17-16-. The minimum absolute atomic E-state index is 0.0935. The van der Waals surface area contributed by atoms with E-state index in [0.29, 0.717) is 13.0 Å². The maximum Gasteiger partial charge on any atom is 0.472 e. The number of ether oxygens (including phenoxy) is 2. The molecule has 0 rings (SSSR count). The third-order valence-electron chi connectivity index (χ3n) is 8.18. The zero-order chi connectivity index (χ0) is 33.8. The van der Waals surface area contributed by atoms with Gasteiger partial charge in [-0.2, -0.15) is 0 Å². The first kappa shape index (κ1) is 45.2. The van der Waals surface area contributed by atoms with Gasteiger partial charge in [-0.25, -0.2) is 4.57 Å². The van der Waals surface area contributed by atoms with Crippen molar-refractivity contribution in [2.24, 2.45) is 5.73 Å². The molecule has 0 aliphatic rings. The van der Waals surface area contributed by atoms with E-state index in [0.717, 1.165) is 32.1 Å². The summed E-state index contributed by atoms with van der Waals surface area (Å²) in [6, 6.07) is 0. The van der Waals surface area contributed by atoms with Gasteiger partial charge in [0.1, 0.15) is 6.10 Å². The van der Waals surface area contributed by atoms with Crippen LogP contribution in [-0.2, 0) is 27.9 Å². The fourth-order valence-corrected chi connectivity index (χ4v) is 6.11. The number of phosphoric acid groups is 1. The highest BCUT2D eigenvalue weighted by Crippen LogP contribution is 2.43. The van der Waals surface area contributed by atoms with E-state index < -0.39 is 13.9 Å². The Balaban J connectivity index is 4.02. The van der Waals surface area contributed by atoms with Crippen LogP contribution in [0.1, 0.15) is 181 Å². The first-order chi connectivity index (χ1) is 22.4. The molecule has 0 saturated heterocycles. The molecule has 274 valence electrons. The zero-order valence-corrected chi connectivity index (χ0v) is 31.0. The second kappa shape index (κ2) is 35.5. The summed E-state index contributed by atoms with van der Waals surface area (Å²) in [6.45, 7) is 4.91. The lowest BCUT2D eigenvalue weighted by atomic mass is 10.1. The number of carbonyl (C=O) groups is 1. The second-order valence-electron chi connectivity index (χ2n) is 12.8. The van der Waals surface area contributed by atoms with Crippen molar-refractivity contribution < 1.29 is 32.8 Å². The molecule has 0 aliphatic heterocycles. The smallest absolute Gasteiger partial charge is 0.457 e. The SMILES string of the molecule is CCCCCCCCC/C=C\CCCCCCCCCC(=O)OC(COCCCCCCCCCCC)COP(=O)(O)OCCN. The van der Waals surface area contributed by atoms with E-state index in [1.807, 2.05) is 0 Å². The molecule has 0 bridgehead atoms. The van der Waals surface area contributed by atoms with E-state index in [4.69, 9.17) is 24.3 Å². The predicted molar refractivity (Wildman–Crippen MR) is 192 cm³/mol. The normalized spacial score (nSPS) is 13.7. The Labute approximate surface area is 283 Å². The Morgan fingerprint density at radius 1 is 0.630 bits per heavy atom. The van der Waals surface area contributed by atoms with Crippen LogP contribution in [0.4, 0.5) is 0 Å². The van der Waals surface area contributed by atoms with Gasteiger partial charge < -0.3 is 20.1 Å². The predicted octanol–water partition coefficient (Wildman–Crippen LogP) is 10.7. The Morgan fingerprint density at radius 3 is 1.59 bits per heavy atom. The number of phosphoric ester groups is 1. The van der Waals surface area contributed by atoms with E-state index in [1.54, 1.807) is 0 Å². The number of esters is 1. The van der Waals surface area contributed by atoms with Gasteiger partial charge in [0.05, 0.1) is 19.8 Å². The van der Waals surface area contributed by atoms with E-state index in [2.05, 4.69) is 26.0 Å². The first-order valence-corrected chi connectivity index (χ1v) is 20.7. The van der Waals surface area contributed by atoms with Crippen LogP contribution < -0.4 is 5.73 Å². The number of carbonyl (C=O) groups excluding carboxylic acids is 1. The van der Waals surface area contributed by atoms with Crippen molar-refractivity contribution >= 4 is 13.8 Å². The molecule has 8 nitrogen and oxygen atoms in total. The van der Waals surface area contributed by atoms with Crippen LogP contribution in [0.25, 0.3) is 0 Å². The lowest BCUT2D eigenvalue weighted by Gasteiger charge is -2.20. The molecule has 0 saturated carbocycles. The highest BCUT2D eigenvalue weighted by atomic mass is 31.2. The highest BCUT2D eigenvalue weighted by molar-refractivity contribution is 7.47. The van der Waals surface area contributed by atoms with E-state index in [1.165, 1.54) is 128 Å². The van der Waals surface area contributed by atoms with Crippen LogP contribution in [0.3, 0.4) is 0 Å². The van der Waals surface area contributed by atoms with Crippen molar-refractivity contribution in [1.29, 1.82) is 0 Å². The third kappa shape index (κ3) is 34.6. The minimum atomic E-state index is -4.26. The molecule has 0 spiro atoms. The summed E-state index contributed by atoms with van der Waals surface area (Å²) in [5.74, 6) is -0.334. The van der Waals surface area contributed by atoms with E-state index >= 15 is 0 Å². The summed E-state index contributed by atoms with van der Waals surface area (Å²) in [5.41, 5.74) is 5.34. The number of hydrogen-bond acceptors (Lipinski definition) is 7. The summed E-state index contributed by atoms with van der Waals surface area (Å²) >= 11 is 0. The van der Waals surface area contributed by atoms with Crippen LogP contribution >= 0.6 is 7.82 Å². The fourth-order valence-electron chi connectivity index (χ4n) is 5.34. The molecule has 3 N–H and O–H groups in total. The highest BCUT2D eigenvalue weighted by Gasteiger charge is 2.25. The zero-order valence-electron chi connectivity index (χ0n) is 30.1. The third-order valence-corrected chi connectivity index (χ3v) is 9.17. The van der Waals surface area contributed by atoms with Crippen molar-refractivity contribution in [2.45, 2.75) is 187 Å². The van der Waals surface area contributed by atoms with Crippen LogP contribution in [0.5, 0.6) is 0 Å². The Hall–Kier alpha value is -0.760.